The monoisotopic (exact) mass is 300 g/mol. The summed E-state index contributed by atoms with van der Waals surface area (Å²) >= 11 is 0. The van der Waals surface area contributed by atoms with Crippen molar-refractivity contribution in [3.05, 3.63) is 53.7 Å². The molecule has 1 atom stereocenters. The molecular weight excluding hydrogens is 279 g/mol. The number of likely N-dealkylation sites (N-methyl/N-ethyl adjacent to an activating group) is 1. The van der Waals surface area contributed by atoms with Crippen LogP contribution < -0.4 is 5.32 Å². The van der Waals surface area contributed by atoms with Crippen molar-refractivity contribution in [2.75, 3.05) is 26.0 Å². The molecule has 1 fully saturated rings. The lowest BCUT2D eigenvalue weighted by Crippen LogP contribution is -2.27. The molecule has 1 aliphatic carbocycles. The van der Waals surface area contributed by atoms with Crippen molar-refractivity contribution in [1.82, 2.24) is 14.9 Å². The fourth-order valence-electron chi connectivity index (χ4n) is 2.56. The minimum Gasteiger partial charge on any atom is -0.368 e. The molecule has 1 saturated carbocycles. The molecule has 0 spiro atoms. The van der Waals surface area contributed by atoms with Crippen molar-refractivity contribution in [2.45, 2.75) is 24.8 Å². The number of hydrogen-bond acceptors (Lipinski definition) is 4. The molecule has 1 aromatic carbocycles. The Hall–Kier alpha value is -2.01. The molecule has 0 saturated heterocycles. The van der Waals surface area contributed by atoms with Crippen molar-refractivity contribution in [1.29, 1.82) is 0 Å². The zero-order chi connectivity index (χ0) is 15.5. The third kappa shape index (κ3) is 3.60. The number of nitrogens with one attached hydrogen (secondary N) is 1. The van der Waals surface area contributed by atoms with E-state index in [0.717, 1.165) is 17.1 Å². The summed E-state index contributed by atoms with van der Waals surface area (Å²) < 4.78 is 13.1. The van der Waals surface area contributed by atoms with Crippen LogP contribution in [0.2, 0.25) is 0 Å². The largest absolute Gasteiger partial charge is 0.368 e. The van der Waals surface area contributed by atoms with Crippen LogP contribution in [0.15, 0.2) is 36.7 Å². The molecule has 5 heteroatoms. The number of anilines is 1. The summed E-state index contributed by atoms with van der Waals surface area (Å²) in [5.41, 5.74) is 2.20. The molecule has 1 aromatic heterocycles. The molecule has 2 aromatic rings. The van der Waals surface area contributed by atoms with Crippen molar-refractivity contribution in [3.63, 3.8) is 0 Å². The lowest BCUT2D eigenvalue weighted by Gasteiger charge is -2.25. The van der Waals surface area contributed by atoms with Crippen LogP contribution in [0.1, 0.15) is 36.1 Å². The van der Waals surface area contributed by atoms with E-state index in [9.17, 15) is 4.39 Å². The Morgan fingerprint density at radius 1 is 1.23 bits per heavy atom. The normalized spacial score (nSPS) is 15.8. The Morgan fingerprint density at radius 3 is 2.59 bits per heavy atom. The van der Waals surface area contributed by atoms with Gasteiger partial charge in [0.1, 0.15) is 18.0 Å². The summed E-state index contributed by atoms with van der Waals surface area (Å²) in [4.78, 5) is 10.7. The van der Waals surface area contributed by atoms with Crippen LogP contribution in [0.5, 0.6) is 0 Å². The van der Waals surface area contributed by atoms with Gasteiger partial charge in [0, 0.05) is 24.2 Å². The molecular formula is C17H21FN4. The SMILES string of the molecule is CN(C)[C@H](CNc1cc(C2CC2)ncn1)c1ccc(F)cc1. The van der Waals surface area contributed by atoms with Gasteiger partial charge < -0.3 is 10.2 Å². The molecule has 0 bridgehead atoms. The van der Waals surface area contributed by atoms with Gasteiger partial charge in [-0.25, -0.2) is 14.4 Å². The summed E-state index contributed by atoms with van der Waals surface area (Å²) in [5, 5.41) is 3.38. The zero-order valence-corrected chi connectivity index (χ0v) is 13.0. The molecule has 1 heterocycles. The summed E-state index contributed by atoms with van der Waals surface area (Å²) in [7, 11) is 4.04. The van der Waals surface area contributed by atoms with Crippen LogP contribution in [0.4, 0.5) is 10.2 Å². The lowest BCUT2D eigenvalue weighted by atomic mass is 10.1. The average molecular weight is 300 g/mol. The summed E-state index contributed by atoms with van der Waals surface area (Å²) in [6.45, 7) is 0.708. The second kappa shape index (κ2) is 6.40. The predicted octanol–water partition coefficient (Wildman–Crippen LogP) is 3.21. The van der Waals surface area contributed by atoms with Gasteiger partial charge in [0.25, 0.3) is 0 Å². The highest BCUT2D eigenvalue weighted by molar-refractivity contribution is 5.37. The van der Waals surface area contributed by atoms with Crippen LogP contribution in [-0.2, 0) is 0 Å². The van der Waals surface area contributed by atoms with Crippen molar-refractivity contribution < 1.29 is 4.39 Å². The van der Waals surface area contributed by atoms with Crippen LogP contribution in [0.25, 0.3) is 0 Å². The van der Waals surface area contributed by atoms with Crippen molar-refractivity contribution in [3.8, 4) is 0 Å². The quantitative estimate of drug-likeness (QED) is 0.889. The molecule has 3 rings (SSSR count). The molecule has 0 radical (unpaired) electrons. The Kier molecular flexibility index (Phi) is 4.34. The van der Waals surface area contributed by atoms with E-state index in [2.05, 4.69) is 20.2 Å². The van der Waals surface area contributed by atoms with E-state index in [-0.39, 0.29) is 11.9 Å². The Labute approximate surface area is 130 Å². The van der Waals surface area contributed by atoms with E-state index < -0.39 is 0 Å². The number of benzene rings is 1. The van der Waals surface area contributed by atoms with E-state index in [1.54, 1.807) is 6.33 Å². The molecule has 22 heavy (non-hydrogen) atoms. The molecule has 1 aliphatic rings. The minimum atomic E-state index is -0.209. The fourth-order valence-corrected chi connectivity index (χ4v) is 2.56. The topological polar surface area (TPSA) is 41.0 Å². The van der Waals surface area contributed by atoms with Gasteiger partial charge in [-0.15, -0.1) is 0 Å². The smallest absolute Gasteiger partial charge is 0.129 e. The van der Waals surface area contributed by atoms with Crippen LogP contribution in [0.3, 0.4) is 0 Å². The standard InChI is InChI=1S/C17H21FN4/c1-22(2)16(13-5-7-14(18)8-6-13)10-19-17-9-15(12-3-4-12)20-11-21-17/h5-9,11-12,16H,3-4,10H2,1-2H3,(H,19,20,21)/t16-/m1/s1. The number of nitrogens with zero attached hydrogens (tertiary/aromatic N) is 3. The summed E-state index contributed by atoms with van der Waals surface area (Å²) in [5.74, 6) is 1.26. The van der Waals surface area contributed by atoms with Crippen LogP contribution in [-0.4, -0.2) is 35.5 Å². The van der Waals surface area contributed by atoms with Gasteiger partial charge in [-0.2, -0.15) is 0 Å². The van der Waals surface area contributed by atoms with Gasteiger partial charge in [0.05, 0.1) is 6.04 Å². The van der Waals surface area contributed by atoms with E-state index in [1.165, 1.54) is 25.0 Å². The first-order chi connectivity index (χ1) is 10.6. The Balaban J connectivity index is 1.69. The molecule has 0 unspecified atom stereocenters. The first-order valence-corrected chi connectivity index (χ1v) is 7.61. The molecule has 4 nitrogen and oxygen atoms in total. The van der Waals surface area contributed by atoms with E-state index >= 15 is 0 Å². The number of halogens is 1. The molecule has 116 valence electrons. The Bertz CT molecular complexity index is 623. The first kappa shape index (κ1) is 14.9. The fraction of sp³-hybridized carbons (Fsp3) is 0.412. The number of rotatable bonds is 6. The maximum Gasteiger partial charge on any atom is 0.129 e. The highest BCUT2D eigenvalue weighted by Crippen LogP contribution is 2.39. The highest BCUT2D eigenvalue weighted by Gasteiger charge is 2.25. The second-order valence-corrected chi connectivity index (χ2v) is 6.01. The third-order valence-electron chi connectivity index (χ3n) is 4.04. The van der Waals surface area contributed by atoms with Crippen molar-refractivity contribution >= 4 is 5.82 Å². The van der Waals surface area contributed by atoms with Gasteiger partial charge in [-0.3, -0.25) is 0 Å². The Morgan fingerprint density at radius 2 is 1.95 bits per heavy atom. The average Bonchev–Trinajstić information content (AvgIpc) is 3.34. The lowest BCUT2D eigenvalue weighted by molar-refractivity contribution is 0.311. The van der Waals surface area contributed by atoms with Gasteiger partial charge >= 0.3 is 0 Å². The highest BCUT2D eigenvalue weighted by atomic mass is 19.1. The van der Waals surface area contributed by atoms with Gasteiger partial charge in [-0.1, -0.05) is 12.1 Å². The molecule has 0 aliphatic heterocycles. The summed E-state index contributed by atoms with van der Waals surface area (Å²) in [6, 6.07) is 8.85. The summed E-state index contributed by atoms with van der Waals surface area (Å²) in [6.07, 6.45) is 4.08. The number of hydrogen-bond donors (Lipinski definition) is 1. The van der Waals surface area contributed by atoms with E-state index in [4.69, 9.17) is 0 Å². The van der Waals surface area contributed by atoms with Gasteiger partial charge in [0.2, 0.25) is 0 Å². The van der Waals surface area contributed by atoms with Crippen molar-refractivity contribution in [2.24, 2.45) is 0 Å². The van der Waals surface area contributed by atoms with Gasteiger partial charge in [0.15, 0.2) is 0 Å². The van der Waals surface area contributed by atoms with E-state index in [1.807, 2.05) is 32.3 Å². The molecule has 1 N–H and O–H groups in total. The van der Waals surface area contributed by atoms with Gasteiger partial charge in [-0.05, 0) is 44.6 Å². The van der Waals surface area contributed by atoms with Crippen LogP contribution >= 0.6 is 0 Å². The third-order valence-corrected chi connectivity index (χ3v) is 4.04. The second-order valence-electron chi connectivity index (χ2n) is 6.01. The maximum atomic E-state index is 13.1. The maximum absolute atomic E-state index is 13.1. The zero-order valence-electron chi connectivity index (χ0n) is 13.0. The van der Waals surface area contributed by atoms with E-state index in [0.29, 0.717) is 12.5 Å². The van der Waals surface area contributed by atoms with Crippen LogP contribution in [0, 0.1) is 5.82 Å². The first-order valence-electron chi connectivity index (χ1n) is 7.61. The predicted molar refractivity (Wildman–Crippen MR) is 85.3 cm³/mol. The number of aromatic nitrogens is 2. The molecule has 0 amide bonds. The minimum absolute atomic E-state index is 0.153.